The molecule has 0 amide bonds. The van der Waals surface area contributed by atoms with Gasteiger partial charge in [0.15, 0.2) is 11.6 Å². The Morgan fingerprint density at radius 3 is 2.67 bits per heavy atom. The first-order chi connectivity index (χ1) is 10.1. The highest BCUT2D eigenvalue weighted by Crippen LogP contribution is 2.29. The number of hydrogen-bond donors (Lipinski definition) is 1. The van der Waals surface area contributed by atoms with E-state index in [1.54, 1.807) is 31.3 Å². The highest BCUT2D eigenvalue weighted by Gasteiger charge is 2.17. The minimum absolute atomic E-state index is 0.209. The van der Waals surface area contributed by atoms with Gasteiger partial charge in [0, 0.05) is 10.5 Å². The third-order valence-electron chi connectivity index (χ3n) is 3.37. The standard InChI is InChI=1S/C16H16BrF2NO/c1-20-14(12-9-11(18)6-7-13(12)17)8-10-4-3-5-15(21-2)16(10)19/h3-7,9,14,20H,8H2,1-2H3. The van der Waals surface area contributed by atoms with Crippen molar-refractivity contribution < 1.29 is 13.5 Å². The van der Waals surface area contributed by atoms with E-state index < -0.39 is 0 Å². The largest absolute Gasteiger partial charge is 0.494 e. The average molecular weight is 356 g/mol. The van der Waals surface area contributed by atoms with Gasteiger partial charge in [-0.05, 0) is 48.9 Å². The van der Waals surface area contributed by atoms with Crippen LogP contribution in [0.15, 0.2) is 40.9 Å². The fourth-order valence-electron chi connectivity index (χ4n) is 2.24. The molecule has 0 aliphatic heterocycles. The zero-order chi connectivity index (χ0) is 15.4. The molecule has 112 valence electrons. The second-order valence-electron chi connectivity index (χ2n) is 4.64. The number of hydrogen-bond acceptors (Lipinski definition) is 2. The Labute approximate surface area is 131 Å². The Kier molecular flexibility index (Phi) is 5.31. The molecule has 2 nitrogen and oxygen atoms in total. The lowest BCUT2D eigenvalue weighted by Crippen LogP contribution is -2.20. The fourth-order valence-corrected chi connectivity index (χ4v) is 2.76. The van der Waals surface area contributed by atoms with Crippen molar-refractivity contribution in [1.29, 1.82) is 0 Å². The first kappa shape index (κ1) is 15.9. The van der Waals surface area contributed by atoms with Crippen molar-refractivity contribution in [3.63, 3.8) is 0 Å². The van der Waals surface area contributed by atoms with Crippen LogP contribution in [0, 0.1) is 11.6 Å². The molecular formula is C16H16BrF2NO. The summed E-state index contributed by atoms with van der Waals surface area (Å²) in [7, 11) is 3.20. The van der Waals surface area contributed by atoms with Crippen molar-refractivity contribution in [3.8, 4) is 5.75 Å². The molecule has 1 atom stereocenters. The predicted molar refractivity (Wildman–Crippen MR) is 82.6 cm³/mol. The van der Waals surface area contributed by atoms with Crippen LogP contribution in [-0.2, 0) is 6.42 Å². The molecule has 5 heteroatoms. The number of likely N-dealkylation sites (N-methyl/N-ethyl adjacent to an activating group) is 1. The van der Waals surface area contributed by atoms with Crippen molar-refractivity contribution in [3.05, 3.63) is 63.6 Å². The molecule has 2 rings (SSSR count). The summed E-state index contributed by atoms with van der Waals surface area (Å²) in [6.45, 7) is 0. The van der Waals surface area contributed by atoms with Crippen LogP contribution in [0.5, 0.6) is 5.75 Å². The molecule has 0 heterocycles. The molecule has 1 N–H and O–H groups in total. The lowest BCUT2D eigenvalue weighted by Gasteiger charge is -2.19. The van der Waals surface area contributed by atoms with E-state index in [0.29, 0.717) is 12.0 Å². The third-order valence-corrected chi connectivity index (χ3v) is 4.09. The fraction of sp³-hybridized carbons (Fsp3) is 0.250. The van der Waals surface area contributed by atoms with Crippen molar-refractivity contribution in [2.45, 2.75) is 12.5 Å². The first-order valence-electron chi connectivity index (χ1n) is 6.50. The van der Waals surface area contributed by atoms with E-state index >= 15 is 0 Å². The highest BCUT2D eigenvalue weighted by atomic mass is 79.9. The van der Waals surface area contributed by atoms with Crippen LogP contribution >= 0.6 is 15.9 Å². The SMILES string of the molecule is CNC(Cc1cccc(OC)c1F)c1cc(F)ccc1Br. The second kappa shape index (κ2) is 7.00. The van der Waals surface area contributed by atoms with Crippen molar-refractivity contribution in [1.82, 2.24) is 5.32 Å². The van der Waals surface area contributed by atoms with Gasteiger partial charge in [-0.1, -0.05) is 28.1 Å². The molecule has 0 fully saturated rings. The number of ether oxygens (including phenoxy) is 1. The number of nitrogens with one attached hydrogen (secondary N) is 1. The van der Waals surface area contributed by atoms with E-state index in [9.17, 15) is 8.78 Å². The zero-order valence-electron chi connectivity index (χ0n) is 11.8. The Morgan fingerprint density at radius 1 is 1.24 bits per heavy atom. The summed E-state index contributed by atoms with van der Waals surface area (Å²) in [5.74, 6) is -0.493. The van der Waals surface area contributed by atoms with E-state index in [1.165, 1.54) is 19.2 Å². The first-order valence-corrected chi connectivity index (χ1v) is 7.29. The van der Waals surface area contributed by atoms with Crippen LogP contribution in [0.4, 0.5) is 8.78 Å². The van der Waals surface area contributed by atoms with Gasteiger partial charge in [0.25, 0.3) is 0 Å². The zero-order valence-corrected chi connectivity index (χ0v) is 13.4. The molecule has 0 spiro atoms. The second-order valence-corrected chi connectivity index (χ2v) is 5.50. The van der Waals surface area contributed by atoms with E-state index in [4.69, 9.17) is 4.74 Å². The van der Waals surface area contributed by atoms with Crippen LogP contribution in [-0.4, -0.2) is 14.2 Å². The van der Waals surface area contributed by atoms with Gasteiger partial charge in [-0.2, -0.15) is 0 Å². The van der Waals surface area contributed by atoms with Crippen LogP contribution in [0.25, 0.3) is 0 Å². The summed E-state index contributed by atoms with van der Waals surface area (Å²) < 4.78 is 33.4. The number of rotatable bonds is 5. The summed E-state index contributed by atoms with van der Waals surface area (Å²) in [6, 6.07) is 9.29. The minimum atomic E-state index is -0.382. The summed E-state index contributed by atoms with van der Waals surface area (Å²) in [5.41, 5.74) is 1.27. The number of methoxy groups -OCH3 is 1. The quantitative estimate of drug-likeness (QED) is 0.865. The Hall–Kier alpha value is -1.46. The van der Waals surface area contributed by atoms with Gasteiger partial charge in [-0.3, -0.25) is 0 Å². The molecule has 1 unspecified atom stereocenters. The monoisotopic (exact) mass is 355 g/mol. The number of halogens is 3. The Bertz CT molecular complexity index is 634. The number of benzene rings is 2. The molecule has 0 saturated heterocycles. The molecule has 2 aromatic carbocycles. The van der Waals surface area contributed by atoms with E-state index in [2.05, 4.69) is 21.2 Å². The van der Waals surface area contributed by atoms with Crippen molar-refractivity contribution in [2.24, 2.45) is 0 Å². The normalized spacial score (nSPS) is 12.2. The maximum atomic E-state index is 14.2. The van der Waals surface area contributed by atoms with Gasteiger partial charge in [-0.15, -0.1) is 0 Å². The molecule has 21 heavy (non-hydrogen) atoms. The Balaban J connectivity index is 2.33. The highest BCUT2D eigenvalue weighted by molar-refractivity contribution is 9.10. The van der Waals surface area contributed by atoms with E-state index in [-0.39, 0.29) is 23.4 Å². The minimum Gasteiger partial charge on any atom is -0.494 e. The molecule has 0 saturated carbocycles. The summed E-state index contributed by atoms with van der Waals surface area (Å²) in [6.07, 6.45) is 0.390. The van der Waals surface area contributed by atoms with Gasteiger partial charge in [0.05, 0.1) is 7.11 Å². The maximum Gasteiger partial charge on any atom is 0.168 e. The average Bonchev–Trinajstić information content (AvgIpc) is 2.49. The smallest absolute Gasteiger partial charge is 0.168 e. The maximum absolute atomic E-state index is 14.2. The Morgan fingerprint density at radius 2 is 2.00 bits per heavy atom. The van der Waals surface area contributed by atoms with Crippen molar-refractivity contribution >= 4 is 15.9 Å². The van der Waals surface area contributed by atoms with Gasteiger partial charge in [0.2, 0.25) is 0 Å². The van der Waals surface area contributed by atoms with Crippen LogP contribution < -0.4 is 10.1 Å². The third kappa shape index (κ3) is 3.60. The summed E-state index contributed by atoms with van der Waals surface area (Å²) >= 11 is 3.41. The lowest BCUT2D eigenvalue weighted by molar-refractivity contribution is 0.383. The van der Waals surface area contributed by atoms with Crippen LogP contribution in [0.1, 0.15) is 17.2 Å². The molecule has 0 aliphatic rings. The van der Waals surface area contributed by atoms with Crippen molar-refractivity contribution in [2.75, 3.05) is 14.2 Å². The molecule has 0 aliphatic carbocycles. The van der Waals surface area contributed by atoms with Gasteiger partial charge in [-0.25, -0.2) is 8.78 Å². The summed E-state index contributed by atoms with van der Waals surface area (Å²) in [4.78, 5) is 0. The summed E-state index contributed by atoms with van der Waals surface area (Å²) in [5, 5.41) is 3.10. The van der Waals surface area contributed by atoms with Crippen LogP contribution in [0.2, 0.25) is 0 Å². The predicted octanol–water partition coefficient (Wildman–Crippen LogP) is 4.24. The molecule has 2 aromatic rings. The van der Waals surface area contributed by atoms with Crippen LogP contribution in [0.3, 0.4) is 0 Å². The van der Waals surface area contributed by atoms with Gasteiger partial charge >= 0.3 is 0 Å². The van der Waals surface area contributed by atoms with E-state index in [1.807, 2.05) is 0 Å². The molecule has 0 radical (unpaired) electrons. The lowest BCUT2D eigenvalue weighted by atomic mass is 9.98. The van der Waals surface area contributed by atoms with E-state index in [0.717, 1.165) is 10.0 Å². The van der Waals surface area contributed by atoms with Gasteiger partial charge in [0.1, 0.15) is 5.82 Å². The topological polar surface area (TPSA) is 21.3 Å². The molecule has 0 bridgehead atoms. The van der Waals surface area contributed by atoms with Gasteiger partial charge < -0.3 is 10.1 Å². The molecular weight excluding hydrogens is 340 g/mol. The molecule has 0 aromatic heterocycles.